The topological polar surface area (TPSA) is 62.5 Å². The van der Waals surface area contributed by atoms with Crippen molar-refractivity contribution in [1.29, 1.82) is 0 Å². The second-order valence-corrected chi connectivity index (χ2v) is 6.67. The van der Waals surface area contributed by atoms with Crippen molar-refractivity contribution >= 4 is 22.9 Å². The van der Waals surface area contributed by atoms with Gasteiger partial charge in [-0.05, 0) is 25.1 Å². The average Bonchev–Trinajstić information content (AvgIpc) is 3.04. The molecule has 0 unspecified atom stereocenters. The van der Waals surface area contributed by atoms with E-state index in [0.717, 1.165) is 37.6 Å². The highest BCUT2D eigenvalue weighted by Crippen LogP contribution is 2.21. The highest BCUT2D eigenvalue weighted by atomic mass is 32.1. The van der Waals surface area contributed by atoms with E-state index >= 15 is 0 Å². The smallest absolute Gasteiger partial charge is 0.273 e. The second-order valence-electron chi connectivity index (χ2n) is 5.73. The molecular weight excluding hydrogens is 308 g/mol. The monoisotopic (exact) mass is 330 g/mol. The molecule has 3 rings (SSSR count). The minimum absolute atomic E-state index is 0.0361. The van der Waals surface area contributed by atoms with E-state index in [9.17, 15) is 4.79 Å². The third-order valence-corrected chi connectivity index (χ3v) is 5.06. The molecule has 0 atom stereocenters. The Morgan fingerprint density at radius 1 is 1.26 bits per heavy atom. The number of piperazine rings is 1. The normalized spacial score (nSPS) is 15.0. The number of thiazole rings is 1. The van der Waals surface area contributed by atoms with Crippen LogP contribution in [0.25, 0.3) is 0 Å². The van der Waals surface area contributed by atoms with Crippen molar-refractivity contribution in [2.24, 2.45) is 5.73 Å². The number of aryl methyl sites for hydroxylation is 1. The summed E-state index contributed by atoms with van der Waals surface area (Å²) in [5.41, 5.74) is 8.63. The quantitative estimate of drug-likeness (QED) is 0.930. The van der Waals surface area contributed by atoms with E-state index in [4.69, 9.17) is 5.73 Å². The highest BCUT2D eigenvalue weighted by Gasteiger charge is 2.24. The molecule has 1 aromatic carbocycles. The molecule has 2 N–H and O–H groups in total. The van der Waals surface area contributed by atoms with Gasteiger partial charge in [-0.25, -0.2) is 4.98 Å². The molecule has 1 aliphatic rings. The van der Waals surface area contributed by atoms with Crippen LogP contribution in [0.5, 0.6) is 0 Å². The van der Waals surface area contributed by atoms with Crippen LogP contribution in [0, 0.1) is 6.92 Å². The van der Waals surface area contributed by atoms with Gasteiger partial charge in [0, 0.05) is 43.7 Å². The van der Waals surface area contributed by atoms with Gasteiger partial charge in [-0.3, -0.25) is 4.79 Å². The van der Waals surface area contributed by atoms with Crippen molar-refractivity contribution in [3.8, 4) is 0 Å². The van der Waals surface area contributed by atoms with Crippen molar-refractivity contribution in [1.82, 2.24) is 9.88 Å². The number of nitrogens with zero attached hydrogens (tertiary/aromatic N) is 3. The van der Waals surface area contributed by atoms with Gasteiger partial charge < -0.3 is 15.5 Å². The van der Waals surface area contributed by atoms with Gasteiger partial charge in [0.2, 0.25) is 0 Å². The van der Waals surface area contributed by atoms with Gasteiger partial charge in [-0.15, -0.1) is 11.3 Å². The van der Waals surface area contributed by atoms with E-state index in [1.165, 1.54) is 22.6 Å². The number of carbonyl (C=O) groups is 1. The van der Waals surface area contributed by atoms with Crippen molar-refractivity contribution in [2.75, 3.05) is 37.6 Å². The van der Waals surface area contributed by atoms with Crippen molar-refractivity contribution in [3.63, 3.8) is 0 Å². The maximum Gasteiger partial charge on any atom is 0.273 e. The van der Waals surface area contributed by atoms with E-state index in [2.05, 4.69) is 41.1 Å². The first kappa shape index (κ1) is 16.0. The van der Waals surface area contributed by atoms with Gasteiger partial charge >= 0.3 is 0 Å². The fraction of sp³-hybridized carbons (Fsp3) is 0.412. The molecule has 1 aliphatic heterocycles. The number of hydrogen-bond acceptors (Lipinski definition) is 5. The Kier molecular flexibility index (Phi) is 4.93. The Morgan fingerprint density at radius 3 is 2.70 bits per heavy atom. The Bertz CT molecular complexity index is 677. The largest absolute Gasteiger partial charge is 0.368 e. The minimum atomic E-state index is 0.0361. The molecule has 0 aliphatic carbocycles. The van der Waals surface area contributed by atoms with Crippen LogP contribution in [0.3, 0.4) is 0 Å². The van der Waals surface area contributed by atoms with Gasteiger partial charge in [0.1, 0.15) is 5.69 Å². The number of benzene rings is 1. The lowest BCUT2D eigenvalue weighted by Gasteiger charge is -2.36. The Hall–Kier alpha value is -1.92. The molecule has 2 heterocycles. The highest BCUT2D eigenvalue weighted by molar-refractivity contribution is 7.09. The molecule has 1 aromatic heterocycles. The van der Waals surface area contributed by atoms with Gasteiger partial charge in [0.05, 0.1) is 5.01 Å². The molecule has 122 valence electrons. The molecule has 0 spiro atoms. The molecular formula is C17H22N4OS. The van der Waals surface area contributed by atoms with Crippen molar-refractivity contribution in [2.45, 2.75) is 13.3 Å². The number of hydrogen-bond donors (Lipinski definition) is 1. The molecule has 23 heavy (non-hydrogen) atoms. The maximum atomic E-state index is 12.5. The lowest BCUT2D eigenvalue weighted by Crippen LogP contribution is -2.49. The lowest BCUT2D eigenvalue weighted by molar-refractivity contribution is 0.0741. The van der Waals surface area contributed by atoms with Crippen LogP contribution < -0.4 is 10.6 Å². The Labute approximate surface area is 140 Å². The first-order valence-electron chi connectivity index (χ1n) is 7.93. The molecule has 0 radical (unpaired) electrons. The molecule has 1 saturated heterocycles. The molecule has 0 saturated carbocycles. The number of nitrogens with two attached hydrogens (primary N) is 1. The molecule has 1 fully saturated rings. The van der Waals surface area contributed by atoms with Crippen LogP contribution in [0.4, 0.5) is 5.69 Å². The Morgan fingerprint density at radius 2 is 2.00 bits per heavy atom. The average molecular weight is 330 g/mol. The van der Waals surface area contributed by atoms with E-state index in [1.54, 1.807) is 0 Å². The van der Waals surface area contributed by atoms with E-state index < -0.39 is 0 Å². The molecule has 0 bridgehead atoms. The number of carbonyl (C=O) groups excluding carboxylic acids is 1. The first-order valence-corrected chi connectivity index (χ1v) is 8.81. The van der Waals surface area contributed by atoms with Crippen molar-refractivity contribution in [3.05, 3.63) is 45.9 Å². The SMILES string of the molecule is Cc1ccccc1N1CCN(C(=O)c2csc(CCN)n2)CC1. The summed E-state index contributed by atoms with van der Waals surface area (Å²) in [6, 6.07) is 8.39. The zero-order valence-corrected chi connectivity index (χ0v) is 14.2. The standard InChI is InChI=1S/C17H22N4OS/c1-13-4-2-3-5-15(13)20-8-10-21(11-9-20)17(22)14-12-23-16(19-14)6-7-18/h2-5,12H,6-11,18H2,1H3. The summed E-state index contributed by atoms with van der Waals surface area (Å²) in [7, 11) is 0. The van der Waals surface area contributed by atoms with Crippen LogP contribution in [0.2, 0.25) is 0 Å². The molecule has 5 nitrogen and oxygen atoms in total. The number of para-hydroxylation sites is 1. The van der Waals surface area contributed by atoms with Gasteiger partial charge in [-0.1, -0.05) is 18.2 Å². The van der Waals surface area contributed by atoms with Crippen molar-refractivity contribution < 1.29 is 4.79 Å². The van der Waals surface area contributed by atoms with E-state index in [-0.39, 0.29) is 5.91 Å². The van der Waals surface area contributed by atoms with Crippen LogP contribution in [0.15, 0.2) is 29.6 Å². The van der Waals surface area contributed by atoms with E-state index in [1.807, 2.05) is 10.3 Å². The van der Waals surface area contributed by atoms with Gasteiger partial charge in [0.25, 0.3) is 5.91 Å². The fourth-order valence-electron chi connectivity index (χ4n) is 2.88. The number of aromatic nitrogens is 1. The van der Waals surface area contributed by atoms with Gasteiger partial charge in [-0.2, -0.15) is 0 Å². The molecule has 1 amide bonds. The third kappa shape index (κ3) is 3.54. The fourth-order valence-corrected chi connectivity index (χ4v) is 3.67. The summed E-state index contributed by atoms with van der Waals surface area (Å²) >= 11 is 1.52. The zero-order valence-electron chi connectivity index (χ0n) is 13.4. The molecule has 2 aromatic rings. The predicted molar refractivity (Wildman–Crippen MR) is 94.2 cm³/mol. The summed E-state index contributed by atoms with van der Waals surface area (Å²) in [4.78, 5) is 21.2. The van der Waals surface area contributed by atoms with Crippen LogP contribution in [-0.4, -0.2) is 48.5 Å². The summed E-state index contributed by atoms with van der Waals surface area (Å²) in [6.07, 6.45) is 0.735. The summed E-state index contributed by atoms with van der Waals surface area (Å²) in [5, 5.41) is 2.79. The Balaban J connectivity index is 1.62. The predicted octanol–water partition coefficient (Wildman–Crippen LogP) is 1.92. The number of amides is 1. The summed E-state index contributed by atoms with van der Waals surface area (Å²) in [6.45, 7) is 5.87. The number of rotatable bonds is 4. The summed E-state index contributed by atoms with van der Waals surface area (Å²) < 4.78 is 0. The van der Waals surface area contributed by atoms with Gasteiger partial charge in [0.15, 0.2) is 0 Å². The number of anilines is 1. The molecule has 6 heteroatoms. The van der Waals surface area contributed by atoms with Crippen LogP contribution >= 0.6 is 11.3 Å². The lowest BCUT2D eigenvalue weighted by atomic mass is 10.1. The summed E-state index contributed by atoms with van der Waals surface area (Å²) in [5.74, 6) is 0.0361. The minimum Gasteiger partial charge on any atom is -0.368 e. The second kappa shape index (κ2) is 7.10. The first-order chi connectivity index (χ1) is 11.2. The maximum absolute atomic E-state index is 12.5. The zero-order chi connectivity index (χ0) is 16.2. The van der Waals surface area contributed by atoms with Crippen LogP contribution in [0.1, 0.15) is 21.1 Å². The van der Waals surface area contributed by atoms with Crippen LogP contribution in [-0.2, 0) is 6.42 Å². The third-order valence-electron chi connectivity index (χ3n) is 4.15. The van der Waals surface area contributed by atoms with E-state index in [0.29, 0.717) is 12.2 Å².